The number of pyridine rings is 1. The molecule has 22 heavy (non-hydrogen) atoms. The normalized spacial score (nSPS) is 21.8. The molecule has 0 spiro atoms. The first kappa shape index (κ1) is 17.4. The second kappa shape index (κ2) is 7.10. The van der Waals surface area contributed by atoms with E-state index < -0.39 is 30.2 Å². The minimum Gasteiger partial charge on any atom is -0.316 e. The molecule has 0 aliphatic carbocycles. The molecular formula is C14H18ClF4N3. The molecule has 1 fully saturated rings. The molecule has 1 atom stereocenters. The summed E-state index contributed by atoms with van der Waals surface area (Å²) in [5.74, 6) is -7.47. The Bertz CT molecular complexity index is 499. The second-order valence-electron chi connectivity index (χ2n) is 5.44. The highest BCUT2D eigenvalue weighted by molar-refractivity contribution is 6.18. The Kier molecular flexibility index (Phi) is 5.63. The molecule has 1 aromatic heterocycles. The molecule has 0 saturated carbocycles. The van der Waals surface area contributed by atoms with Crippen molar-refractivity contribution in [3.63, 3.8) is 0 Å². The van der Waals surface area contributed by atoms with E-state index in [1.165, 1.54) is 12.3 Å². The van der Waals surface area contributed by atoms with Crippen LogP contribution in [0.15, 0.2) is 18.3 Å². The minimum atomic E-state index is -3.00. The second-order valence-corrected chi connectivity index (χ2v) is 5.71. The van der Waals surface area contributed by atoms with E-state index >= 15 is 0 Å². The highest BCUT2D eigenvalue weighted by Crippen LogP contribution is 2.37. The first-order valence-electron chi connectivity index (χ1n) is 7.02. The van der Waals surface area contributed by atoms with Gasteiger partial charge in [0.1, 0.15) is 0 Å². The van der Waals surface area contributed by atoms with E-state index in [0.717, 1.165) is 0 Å². The molecule has 0 aromatic carbocycles. The van der Waals surface area contributed by atoms with Gasteiger partial charge in [-0.15, -0.1) is 11.6 Å². The van der Waals surface area contributed by atoms with E-state index in [-0.39, 0.29) is 26.1 Å². The molecule has 124 valence electrons. The van der Waals surface area contributed by atoms with Crippen LogP contribution in [0.4, 0.5) is 17.6 Å². The monoisotopic (exact) mass is 339 g/mol. The summed E-state index contributed by atoms with van der Waals surface area (Å²) in [6.45, 7) is -0.0275. The fourth-order valence-corrected chi connectivity index (χ4v) is 2.51. The van der Waals surface area contributed by atoms with E-state index in [0.29, 0.717) is 11.3 Å². The Morgan fingerprint density at radius 3 is 2.91 bits per heavy atom. The van der Waals surface area contributed by atoms with Gasteiger partial charge in [0.05, 0.1) is 24.0 Å². The first-order chi connectivity index (χ1) is 10.3. The van der Waals surface area contributed by atoms with Crippen molar-refractivity contribution in [2.45, 2.75) is 30.7 Å². The molecule has 1 aromatic rings. The largest absolute Gasteiger partial charge is 0.316 e. The summed E-state index contributed by atoms with van der Waals surface area (Å²) in [5.41, 5.74) is 0.914. The van der Waals surface area contributed by atoms with Crippen LogP contribution in [0, 0.1) is 0 Å². The number of nitrogens with zero attached hydrogens (tertiary/aromatic N) is 1. The molecule has 2 rings (SSSR count). The zero-order valence-electron chi connectivity index (χ0n) is 11.9. The summed E-state index contributed by atoms with van der Waals surface area (Å²) in [5, 5.41) is 5.49. The predicted octanol–water partition coefficient (Wildman–Crippen LogP) is 2.76. The van der Waals surface area contributed by atoms with Crippen LogP contribution in [-0.4, -0.2) is 42.3 Å². The van der Waals surface area contributed by atoms with Crippen LogP contribution in [0.3, 0.4) is 0 Å². The van der Waals surface area contributed by atoms with Crippen molar-refractivity contribution in [1.29, 1.82) is 0 Å². The van der Waals surface area contributed by atoms with Crippen molar-refractivity contribution in [3.8, 4) is 0 Å². The van der Waals surface area contributed by atoms with E-state index in [2.05, 4.69) is 15.6 Å². The van der Waals surface area contributed by atoms with E-state index in [4.69, 9.17) is 11.6 Å². The first-order valence-corrected chi connectivity index (χ1v) is 7.55. The number of aromatic nitrogens is 1. The van der Waals surface area contributed by atoms with Crippen molar-refractivity contribution in [2.75, 3.05) is 25.5 Å². The number of piperidine rings is 1. The number of hydrogen-bond donors (Lipinski definition) is 2. The highest BCUT2D eigenvalue weighted by Gasteiger charge is 2.42. The number of halogens is 5. The van der Waals surface area contributed by atoms with Crippen LogP contribution < -0.4 is 10.6 Å². The molecule has 8 heteroatoms. The molecule has 1 aliphatic heterocycles. The number of hydrogen-bond acceptors (Lipinski definition) is 3. The number of rotatable bonds is 6. The summed E-state index contributed by atoms with van der Waals surface area (Å²) < 4.78 is 53.9. The Hall–Kier alpha value is -0.920. The molecule has 1 saturated heterocycles. The minimum absolute atomic E-state index is 0.0754. The lowest BCUT2D eigenvalue weighted by atomic mass is 9.88. The SMILES string of the molecule is FC(F)(CCl)CNCc1cc(C2CNCCC2(F)F)ccn1. The van der Waals surface area contributed by atoms with E-state index in [9.17, 15) is 17.6 Å². The van der Waals surface area contributed by atoms with Gasteiger partial charge in [0.15, 0.2) is 0 Å². The average Bonchev–Trinajstić information content (AvgIpc) is 2.47. The third-order valence-corrected chi connectivity index (χ3v) is 4.01. The average molecular weight is 340 g/mol. The summed E-state index contributed by atoms with van der Waals surface area (Å²) in [6, 6.07) is 3.08. The topological polar surface area (TPSA) is 37.0 Å². The van der Waals surface area contributed by atoms with E-state index in [1.54, 1.807) is 6.07 Å². The molecule has 2 N–H and O–H groups in total. The van der Waals surface area contributed by atoms with Gasteiger partial charge in [-0.3, -0.25) is 4.98 Å². The van der Waals surface area contributed by atoms with Crippen LogP contribution in [-0.2, 0) is 6.54 Å². The van der Waals surface area contributed by atoms with Crippen LogP contribution >= 0.6 is 11.6 Å². The third kappa shape index (κ3) is 4.54. The van der Waals surface area contributed by atoms with Gasteiger partial charge < -0.3 is 10.6 Å². The van der Waals surface area contributed by atoms with Gasteiger partial charge >= 0.3 is 0 Å². The van der Waals surface area contributed by atoms with Crippen molar-refractivity contribution in [2.24, 2.45) is 0 Å². The van der Waals surface area contributed by atoms with Gasteiger partial charge in [-0.2, -0.15) is 0 Å². The highest BCUT2D eigenvalue weighted by atomic mass is 35.5. The van der Waals surface area contributed by atoms with E-state index in [1.807, 2.05) is 0 Å². The van der Waals surface area contributed by atoms with Crippen LogP contribution in [0.5, 0.6) is 0 Å². The smallest absolute Gasteiger partial charge is 0.273 e. The van der Waals surface area contributed by atoms with Crippen LogP contribution in [0.2, 0.25) is 0 Å². The molecular weight excluding hydrogens is 322 g/mol. The fraction of sp³-hybridized carbons (Fsp3) is 0.643. The standard InChI is InChI=1S/C14H18ClF4N3/c15-8-13(16,17)9-21-6-11-5-10(1-3-22-11)12-7-20-4-2-14(12,18)19/h1,3,5,12,20-21H,2,4,6-9H2. The lowest BCUT2D eigenvalue weighted by molar-refractivity contribution is -0.0479. The Morgan fingerprint density at radius 1 is 1.45 bits per heavy atom. The van der Waals surface area contributed by atoms with Gasteiger partial charge in [0, 0.05) is 32.3 Å². The van der Waals surface area contributed by atoms with Gasteiger partial charge in [0.25, 0.3) is 11.8 Å². The molecule has 0 radical (unpaired) electrons. The summed E-state index contributed by atoms with van der Waals surface area (Å²) >= 11 is 5.14. The Labute approximate surface area is 131 Å². The zero-order chi connectivity index (χ0) is 16.2. The molecule has 0 amide bonds. The van der Waals surface area contributed by atoms with Crippen molar-refractivity contribution >= 4 is 11.6 Å². The van der Waals surface area contributed by atoms with Crippen LogP contribution in [0.25, 0.3) is 0 Å². The van der Waals surface area contributed by atoms with Gasteiger partial charge in [0.2, 0.25) is 0 Å². The van der Waals surface area contributed by atoms with Crippen LogP contribution in [0.1, 0.15) is 23.6 Å². The lowest BCUT2D eigenvalue weighted by Crippen LogP contribution is -2.43. The summed E-state index contributed by atoms with van der Waals surface area (Å²) in [7, 11) is 0. The number of alkyl halides is 5. The molecule has 1 unspecified atom stereocenters. The van der Waals surface area contributed by atoms with Gasteiger partial charge in [-0.1, -0.05) is 0 Å². The maximum atomic E-state index is 14.0. The number of nitrogens with one attached hydrogen (secondary N) is 2. The Balaban J connectivity index is 2.01. The fourth-order valence-electron chi connectivity index (χ4n) is 2.42. The Morgan fingerprint density at radius 2 is 2.23 bits per heavy atom. The maximum absolute atomic E-state index is 14.0. The molecule has 0 bridgehead atoms. The summed E-state index contributed by atoms with van der Waals surface area (Å²) in [6.07, 6.45) is 1.21. The third-order valence-electron chi connectivity index (χ3n) is 3.62. The maximum Gasteiger partial charge on any atom is 0.273 e. The molecule has 3 nitrogen and oxygen atoms in total. The molecule has 2 heterocycles. The van der Waals surface area contributed by atoms with Crippen molar-refractivity contribution in [1.82, 2.24) is 15.6 Å². The molecule has 1 aliphatic rings. The lowest BCUT2D eigenvalue weighted by Gasteiger charge is -2.32. The van der Waals surface area contributed by atoms with Gasteiger partial charge in [-0.25, -0.2) is 17.6 Å². The zero-order valence-corrected chi connectivity index (χ0v) is 12.6. The predicted molar refractivity (Wildman–Crippen MR) is 76.8 cm³/mol. The summed E-state index contributed by atoms with van der Waals surface area (Å²) in [4.78, 5) is 4.02. The van der Waals surface area contributed by atoms with Crippen molar-refractivity contribution < 1.29 is 17.6 Å². The quantitative estimate of drug-likeness (QED) is 0.618. The van der Waals surface area contributed by atoms with Crippen molar-refractivity contribution in [3.05, 3.63) is 29.6 Å². The van der Waals surface area contributed by atoms with Gasteiger partial charge in [-0.05, 0) is 17.7 Å².